The summed E-state index contributed by atoms with van der Waals surface area (Å²) in [6.07, 6.45) is 0. The topological polar surface area (TPSA) is 97.5 Å². The number of hydrogen-bond donors (Lipinski definition) is 2. The first kappa shape index (κ1) is 18.5. The van der Waals surface area contributed by atoms with E-state index < -0.39 is 17.5 Å². The molecule has 2 aromatic rings. The molecule has 0 unspecified atom stereocenters. The smallest absolute Gasteiger partial charge is 0.335 e. The lowest BCUT2D eigenvalue weighted by Crippen LogP contribution is -1.94. The van der Waals surface area contributed by atoms with E-state index in [4.69, 9.17) is 19.3 Å². The number of carboxylic acid groups (broad SMARTS) is 1. The molecule has 3 N–H and O–H groups in total. The Morgan fingerprint density at radius 3 is 1.52 bits per heavy atom. The van der Waals surface area contributed by atoms with Crippen LogP contribution in [-0.2, 0) is 11.6 Å². The summed E-state index contributed by atoms with van der Waals surface area (Å²) in [6.45, 7) is 3.96. The minimum Gasteiger partial charge on any atom is -0.478 e. The Bertz CT molecular complexity index is 567. The number of aryl methyl sites for hydroxylation is 2. The Labute approximate surface area is 127 Å². The predicted molar refractivity (Wildman–Crippen MR) is 82.6 cm³/mol. The van der Waals surface area contributed by atoms with Crippen molar-refractivity contribution in [2.24, 2.45) is 0 Å². The molecule has 2 aromatic carbocycles. The van der Waals surface area contributed by atoms with Crippen LogP contribution in [0.4, 0.5) is 5.69 Å². The maximum atomic E-state index is 10.3. The molecule has 0 bridgehead atoms. The molecule has 0 atom stereocenters. The van der Waals surface area contributed by atoms with E-state index in [1.54, 1.807) is 24.3 Å². The summed E-state index contributed by atoms with van der Waals surface area (Å²) in [5.74, 6) is -0.875. The van der Waals surface area contributed by atoms with Crippen LogP contribution in [-0.4, -0.2) is 19.5 Å². The van der Waals surface area contributed by atoms with Gasteiger partial charge in [0.15, 0.2) is 0 Å². The first-order chi connectivity index (χ1) is 9.90. The van der Waals surface area contributed by atoms with E-state index in [1.807, 2.05) is 38.1 Å². The summed E-state index contributed by atoms with van der Waals surface area (Å²) in [5, 5.41) is 8.48. The molecular weight excluding hydrogens is 290 g/mol. The molecule has 0 saturated carbocycles. The van der Waals surface area contributed by atoms with Crippen molar-refractivity contribution < 1.29 is 18.3 Å². The zero-order chi connectivity index (χ0) is 16.3. The maximum Gasteiger partial charge on any atom is 0.335 e. The van der Waals surface area contributed by atoms with Crippen LogP contribution in [0.3, 0.4) is 0 Å². The number of carbonyl (C=O) groups is 1. The normalized spacial score (nSPS) is 8.48. The molecular formula is C15H17NO4S. The molecule has 112 valence electrons. The third-order valence-electron chi connectivity index (χ3n) is 2.38. The molecule has 0 aliphatic rings. The minimum absolute atomic E-state index is 0.339. The lowest BCUT2D eigenvalue weighted by Gasteiger charge is -1.92. The molecule has 0 aliphatic heterocycles. The zero-order valence-corrected chi connectivity index (χ0v) is 12.6. The Morgan fingerprint density at radius 1 is 0.905 bits per heavy atom. The second-order valence-electron chi connectivity index (χ2n) is 4.15. The fourth-order valence-corrected chi connectivity index (χ4v) is 1.26. The van der Waals surface area contributed by atoms with Crippen molar-refractivity contribution in [3.63, 3.8) is 0 Å². The molecule has 5 nitrogen and oxygen atoms in total. The molecule has 0 fully saturated rings. The van der Waals surface area contributed by atoms with E-state index >= 15 is 0 Å². The zero-order valence-electron chi connectivity index (χ0n) is 11.8. The van der Waals surface area contributed by atoms with E-state index in [2.05, 4.69) is 0 Å². The SMILES string of the molecule is Cc1ccc(C(=O)O)cc1.Cc1ccc(N)cc1.O=S=O. The second-order valence-corrected chi connectivity index (χ2v) is 4.29. The second kappa shape index (κ2) is 10.3. The van der Waals surface area contributed by atoms with Gasteiger partial charge < -0.3 is 10.8 Å². The van der Waals surface area contributed by atoms with Gasteiger partial charge in [-0.3, -0.25) is 0 Å². The van der Waals surface area contributed by atoms with E-state index in [0.717, 1.165) is 11.3 Å². The van der Waals surface area contributed by atoms with Crippen LogP contribution in [0.25, 0.3) is 0 Å². The fourth-order valence-electron chi connectivity index (χ4n) is 1.26. The lowest BCUT2D eigenvalue weighted by molar-refractivity contribution is 0.0697. The van der Waals surface area contributed by atoms with Gasteiger partial charge in [-0.25, -0.2) is 4.79 Å². The molecule has 0 aromatic heterocycles. The van der Waals surface area contributed by atoms with Crippen LogP contribution in [0.1, 0.15) is 21.5 Å². The largest absolute Gasteiger partial charge is 0.478 e. The van der Waals surface area contributed by atoms with Crippen LogP contribution in [0.15, 0.2) is 48.5 Å². The van der Waals surface area contributed by atoms with Gasteiger partial charge in [0.2, 0.25) is 0 Å². The monoisotopic (exact) mass is 307 g/mol. The quantitative estimate of drug-likeness (QED) is 0.789. The Morgan fingerprint density at radius 2 is 1.24 bits per heavy atom. The molecule has 0 spiro atoms. The number of nitrogen functional groups attached to an aromatic ring is 1. The molecule has 0 saturated heterocycles. The summed E-state index contributed by atoms with van der Waals surface area (Å²) in [6, 6.07) is 14.5. The third-order valence-corrected chi connectivity index (χ3v) is 2.38. The van der Waals surface area contributed by atoms with Crippen molar-refractivity contribution in [2.75, 3.05) is 5.73 Å². The van der Waals surface area contributed by atoms with Gasteiger partial charge in [-0.05, 0) is 38.1 Å². The summed E-state index contributed by atoms with van der Waals surface area (Å²) in [7, 11) is 0. The number of hydrogen-bond acceptors (Lipinski definition) is 4. The average molecular weight is 307 g/mol. The highest BCUT2D eigenvalue weighted by Crippen LogP contribution is 2.02. The van der Waals surface area contributed by atoms with Crippen LogP contribution in [0.2, 0.25) is 0 Å². The van der Waals surface area contributed by atoms with Crippen molar-refractivity contribution in [3.8, 4) is 0 Å². The minimum atomic E-state index is -0.875. The van der Waals surface area contributed by atoms with Crippen LogP contribution in [0.5, 0.6) is 0 Å². The highest BCUT2D eigenvalue weighted by atomic mass is 32.1. The van der Waals surface area contributed by atoms with Gasteiger partial charge in [-0.15, -0.1) is 0 Å². The summed E-state index contributed by atoms with van der Waals surface area (Å²) in [5.41, 5.74) is 8.92. The lowest BCUT2D eigenvalue weighted by atomic mass is 10.2. The van der Waals surface area contributed by atoms with E-state index in [9.17, 15) is 4.79 Å². The van der Waals surface area contributed by atoms with Gasteiger partial charge in [-0.1, -0.05) is 35.4 Å². The molecule has 0 amide bonds. The summed E-state index contributed by atoms with van der Waals surface area (Å²) < 4.78 is 16.6. The predicted octanol–water partition coefficient (Wildman–Crippen LogP) is 2.60. The average Bonchev–Trinajstić information content (AvgIpc) is 2.44. The number of rotatable bonds is 1. The maximum absolute atomic E-state index is 10.3. The van der Waals surface area contributed by atoms with Gasteiger partial charge in [0.05, 0.1) is 5.56 Å². The molecule has 21 heavy (non-hydrogen) atoms. The fraction of sp³-hybridized carbons (Fsp3) is 0.133. The number of anilines is 1. The molecule has 2 rings (SSSR count). The number of carboxylic acids is 1. The van der Waals surface area contributed by atoms with Gasteiger partial charge in [0.1, 0.15) is 0 Å². The van der Waals surface area contributed by atoms with Crippen molar-refractivity contribution in [2.45, 2.75) is 13.8 Å². The van der Waals surface area contributed by atoms with E-state index in [0.29, 0.717) is 5.56 Å². The molecule has 0 aliphatic carbocycles. The van der Waals surface area contributed by atoms with Gasteiger partial charge >= 0.3 is 17.5 Å². The highest BCUT2D eigenvalue weighted by molar-refractivity contribution is 7.51. The Balaban J connectivity index is 0.000000327. The van der Waals surface area contributed by atoms with Crippen LogP contribution < -0.4 is 5.73 Å². The Hall–Kier alpha value is -2.47. The summed E-state index contributed by atoms with van der Waals surface area (Å²) in [4.78, 5) is 10.3. The van der Waals surface area contributed by atoms with E-state index in [-0.39, 0.29) is 0 Å². The van der Waals surface area contributed by atoms with E-state index in [1.165, 1.54) is 5.56 Å². The van der Waals surface area contributed by atoms with Crippen LogP contribution >= 0.6 is 0 Å². The summed E-state index contributed by atoms with van der Waals surface area (Å²) >= 11 is -0.750. The van der Waals surface area contributed by atoms with Crippen molar-refractivity contribution in [1.82, 2.24) is 0 Å². The van der Waals surface area contributed by atoms with Crippen molar-refractivity contribution >= 4 is 23.2 Å². The number of benzene rings is 2. The first-order valence-electron chi connectivity index (χ1n) is 5.94. The van der Waals surface area contributed by atoms with Crippen molar-refractivity contribution in [1.29, 1.82) is 0 Å². The number of aromatic carboxylic acids is 1. The van der Waals surface area contributed by atoms with Gasteiger partial charge in [0, 0.05) is 5.69 Å². The number of nitrogens with two attached hydrogens (primary N) is 1. The van der Waals surface area contributed by atoms with Gasteiger partial charge in [-0.2, -0.15) is 8.42 Å². The molecule has 0 heterocycles. The van der Waals surface area contributed by atoms with Crippen LogP contribution in [0, 0.1) is 13.8 Å². The molecule has 6 heteroatoms. The molecule has 0 radical (unpaired) electrons. The Kier molecular flexibility index (Phi) is 9.12. The van der Waals surface area contributed by atoms with Crippen molar-refractivity contribution in [3.05, 3.63) is 65.2 Å². The highest BCUT2D eigenvalue weighted by Gasteiger charge is 1.98. The first-order valence-corrected chi connectivity index (χ1v) is 6.61. The standard InChI is InChI=1S/C8H8O2.C7H9N.O2S/c1-6-2-4-7(5-3-6)8(9)10;1-6-2-4-7(8)5-3-6;1-3-2/h2-5H,1H3,(H,9,10);2-5H,8H2,1H3;. The van der Waals surface area contributed by atoms with Gasteiger partial charge in [0.25, 0.3) is 0 Å². The third kappa shape index (κ3) is 9.12.